The quantitative estimate of drug-likeness (QED) is 0.587. The second kappa shape index (κ2) is 8.66. The van der Waals surface area contributed by atoms with Gasteiger partial charge in [-0.3, -0.25) is 4.79 Å². The van der Waals surface area contributed by atoms with E-state index in [-0.39, 0.29) is 0 Å². The first kappa shape index (κ1) is 14.4. The van der Waals surface area contributed by atoms with Gasteiger partial charge in [0.1, 0.15) is 5.78 Å². The summed E-state index contributed by atoms with van der Waals surface area (Å²) < 4.78 is 0. The largest absolute Gasteiger partial charge is 0.299 e. The van der Waals surface area contributed by atoms with Crippen molar-refractivity contribution in [3.63, 3.8) is 0 Å². The highest BCUT2D eigenvalue weighted by atomic mass is 33.1. The predicted octanol–water partition coefficient (Wildman–Crippen LogP) is 4.17. The molecule has 84 valence electrons. The standard InChI is InChI=1S/C11H22OS2/c1-5-10(6-2)11(12)8-7-9(3)14-13-4/h9-10H,5-8H2,1-4H3/t9-/m0/s1. The molecule has 0 radical (unpaired) electrons. The summed E-state index contributed by atoms with van der Waals surface area (Å²) in [5.41, 5.74) is 0. The van der Waals surface area contributed by atoms with Crippen molar-refractivity contribution in [1.82, 2.24) is 0 Å². The van der Waals surface area contributed by atoms with Crippen LogP contribution in [-0.2, 0) is 4.79 Å². The lowest BCUT2D eigenvalue weighted by Gasteiger charge is -2.12. The summed E-state index contributed by atoms with van der Waals surface area (Å²) in [6.45, 7) is 6.40. The monoisotopic (exact) mass is 234 g/mol. The zero-order valence-corrected chi connectivity index (χ0v) is 11.3. The van der Waals surface area contributed by atoms with Crippen molar-refractivity contribution in [3.8, 4) is 0 Å². The number of ketones is 1. The van der Waals surface area contributed by atoms with E-state index in [1.54, 1.807) is 10.8 Å². The second-order valence-corrected chi connectivity index (χ2v) is 6.50. The average molecular weight is 234 g/mol. The fourth-order valence-electron chi connectivity index (χ4n) is 1.51. The minimum atomic E-state index is 0.307. The molecule has 1 atom stereocenters. The molecule has 0 aliphatic carbocycles. The van der Waals surface area contributed by atoms with Crippen molar-refractivity contribution in [2.45, 2.75) is 51.7 Å². The van der Waals surface area contributed by atoms with E-state index in [2.05, 4.69) is 27.0 Å². The van der Waals surface area contributed by atoms with Crippen LogP contribution in [0.1, 0.15) is 46.5 Å². The Morgan fingerprint density at radius 1 is 1.29 bits per heavy atom. The Balaban J connectivity index is 3.71. The molecule has 1 nitrogen and oxygen atoms in total. The highest BCUT2D eigenvalue weighted by Gasteiger charge is 2.14. The molecule has 0 unspecified atom stereocenters. The topological polar surface area (TPSA) is 17.1 Å². The van der Waals surface area contributed by atoms with Crippen molar-refractivity contribution in [1.29, 1.82) is 0 Å². The van der Waals surface area contributed by atoms with Gasteiger partial charge in [0.15, 0.2) is 0 Å². The van der Waals surface area contributed by atoms with Crippen LogP contribution >= 0.6 is 21.6 Å². The molecule has 0 rings (SSSR count). The number of Topliss-reactive ketones (excluding diaryl/α,β-unsaturated/α-hetero) is 1. The van der Waals surface area contributed by atoms with Crippen LogP contribution in [0.5, 0.6) is 0 Å². The lowest BCUT2D eigenvalue weighted by molar-refractivity contribution is -0.123. The van der Waals surface area contributed by atoms with Crippen LogP contribution in [0.4, 0.5) is 0 Å². The van der Waals surface area contributed by atoms with E-state index >= 15 is 0 Å². The molecule has 0 fully saturated rings. The summed E-state index contributed by atoms with van der Waals surface area (Å²) in [5.74, 6) is 0.769. The zero-order valence-electron chi connectivity index (χ0n) is 9.71. The molecule has 0 aromatic carbocycles. The van der Waals surface area contributed by atoms with Crippen LogP contribution in [0, 0.1) is 5.92 Å². The molecule has 0 saturated carbocycles. The molecule has 0 N–H and O–H groups in total. The van der Waals surface area contributed by atoms with Crippen LogP contribution in [-0.4, -0.2) is 17.3 Å². The van der Waals surface area contributed by atoms with Crippen molar-refractivity contribution < 1.29 is 4.79 Å². The van der Waals surface area contributed by atoms with Crippen LogP contribution in [0.3, 0.4) is 0 Å². The molecular formula is C11H22OS2. The Labute approximate surface area is 96.2 Å². The Morgan fingerprint density at radius 3 is 2.29 bits per heavy atom. The van der Waals surface area contributed by atoms with E-state index in [9.17, 15) is 4.79 Å². The lowest BCUT2D eigenvalue weighted by Crippen LogP contribution is -2.13. The Kier molecular flexibility index (Phi) is 8.89. The predicted molar refractivity (Wildman–Crippen MR) is 68.9 cm³/mol. The smallest absolute Gasteiger partial charge is 0.135 e. The Bertz CT molecular complexity index is 155. The van der Waals surface area contributed by atoms with E-state index in [1.165, 1.54) is 0 Å². The minimum absolute atomic E-state index is 0.307. The van der Waals surface area contributed by atoms with Gasteiger partial charge in [0.25, 0.3) is 0 Å². The first-order valence-corrected chi connectivity index (χ1v) is 7.99. The first-order chi connectivity index (χ1) is 6.65. The maximum atomic E-state index is 11.7. The fourth-order valence-corrected chi connectivity index (χ4v) is 3.32. The molecule has 0 aromatic heterocycles. The van der Waals surface area contributed by atoms with Gasteiger partial charge in [0.05, 0.1) is 0 Å². The summed E-state index contributed by atoms with van der Waals surface area (Å²) >= 11 is 0. The summed E-state index contributed by atoms with van der Waals surface area (Å²) in [7, 11) is 3.65. The van der Waals surface area contributed by atoms with Gasteiger partial charge in [0, 0.05) is 17.6 Å². The second-order valence-electron chi connectivity index (χ2n) is 3.59. The molecule has 3 heteroatoms. The number of hydrogen-bond donors (Lipinski definition) is 0. The maximum Gasteiger partial charge on any atom is 0.135 e. The third-order valence-electron chi connectivity index (χ3n) is 2.50. The van der Waals surface area contributed by atoms with Crippen molar-refractivity contribution in [3.05, 3.63) is 0 Å². The number of rotatable bonds is 8. The average Bonchev–Trinajstić information content (AvgIpc) is 2.17. The fraction of sp³-hybridized carbons (Fsp3) is 0.909. The van der Waals surface area contributed by atoms with Gasteiger partial charge in [-0.25, -0.2) is 0 Å². The lowest BCUT2D eigenvalue weighted by atomic mass is 9.95. The van der Waals surface area contributed by atoms with E-state index < -0.39 is 0 Å². The van der Waals surface area contributed by atoms with Gasteiger partial charge in [-0.1, -0.05) is 42.4 Å². The summed E-state index contributed by atoms with van der Waals surface area (Å²) in [4.78, 5) is 11.7. The Morgan fingerprint density at radius 2 is 1.86 bits per heavy atom. The van der Waals surface area contributed by atoms with Crippen molar-refractivity contribution in [2.75, 3.05) is 6.26 Å². The summed E-state index contributed by atoms with van der Waals surface area (Å²) in [5, 5.41) is 0.600. The van der Waals surface area contributed by atoms with Crippen LogP contribution in [0.2, 0.25) is 0 Å². The summed E-state index contributed by atoms with van der Waals surface area (Å²) in [6, 6.07) is 0. The molecular weight excluding hydrogens is 212 g/mol. The van der Waals surface area contributed by atoms with Crippen molar-refractivity contribution >= 4 is 27.4 Å². The highest BCUT2D eigenvalue weighted by molar-refractivity contribution is 8.76. The van der Waals surface area contributed by atoms with Crippen LogP contribution < -0.4 is 0 Å². The van der Waals surface area contributed by atoms with E-state index in [0.717, 1.165) is 25.7 Å². The first-order valence-electron chi connectivity index (χ1n) is 5.37. The van der Waals surface area contributed by atoms with E-state index in [1.807, 2.05) is 10.8 Å². The molecule has 0 heterocycles. The molecule has 0 saturated heterocycles. The molecule has 0 amide bonds. The van der Waals surface area contributed by atoms with Gasteiger partial charge >= 0.3 is 0 Å². The number of carbonyl (C=O) groups excluding carboxylic acids is 1. The molecule has 0 aromatic rings. The number of hydrogen-bond acceptors (Lipinski definition) is 3. The van der Waals surface area contributed by atoms with Crippen molar-refractivity contribution in [2.24, 2.45) is 5.92 Å². The molecule has 0 bridgehead atoms. The van der Waals surface area contributed by atoms with Crippen LogP contribution in [0.15, 0.2) is 0 Å². The maximum absolute atomic E-state index is 11.7. The van der Waals surface area contributed by atoms with Gasteiger partial charge in [0.2, 0.25) is 0 Å². The SMILES string of the molecule is CCC(CC)C(=O)CC[C@H](C)SSC. The van der Waals surface area contributed by atoms with E-state index in [4.69, 9.17) is 0 Å². The normalized spacial score (nSPS) is 13.2. The van der Waals surface area contributed by atoms with Gasteiger partial charge < -0.3 is 0 Å². The third kappa shape index (κ3) is 5.97. The highest BCUT2D eigenvalue weighted by Crippen LogP contribution is 2.27. The van der Waals surface area contributed by atoms with Gasteiger partial charge in [-0.2, -0.15) is 0 Å². The van der Waals surface area contributed by atoms with Crippen LogP contribution in [0.25, 0.3) is 0 Å². The van der Waals surface area contributed by atoms with E-state index in [0.29, 0.717) is 17.0 Å². The third-order valence-corrected chi connectivity index (χ3v) is 4.82. The minimum Gasteiger partial charge on any atom is -0.299 e. The number of carbonyl (C=O) groups is 1. The van der Waals surface area contributed by atoms with Gasteiger partial charge in [-0.05, 0) is 25.5 Å². The summed E-state index contributed by atoms with van der Waals surface area (Å²) in [6.07, 6.45) is 5.88. The van der Waals surface area contributed by atoms with Gasteiger partial charge in [-0.15, -0.1) is 0 Å². The molecule has 0 spiro atoms. The molecule has 0 aliphatic rings. The zero-order chi connectivity index (χ0) is 11.0. The Hall–Kier alpha value is 0.370. The molecule has 14 heavy (non-hydrogen) atoms. The molecule has 0 aliphatic heterocycles.